The minimum atomic E-state index is 0.191. The third-order valence-electron chi connectivity index (χ3n) is 5.00. The average Bonchev–Trinajstić information content (AvgIpc) is 2.67. The van der Waals surface area contributed by atoms with Gasteiger partial charge < -0.3 is 5.73 Å². The molecule has 0 saturated carbocycles. The number of nitrogen functional groups attached to an aromatic ring is 1. The van der Waals surface area contributed by atoms with E-state index in [-0.39, 0.29) is 11.3 Å². The predicted molar refractivity (Wildman–Crippen MR) is 109 cm³/mol. The third-order valence-corrected chi connectivity index (χ3v) is 5.55. The highest BCUT2D eigenvalue weighted by atomic mass is 35.5. The summed E-state index contributed by atoms with van der Waals surface area (Å²) in [5.41, 5.74) is 12.4. The Labute approximate surface area is 167 Å². The van der Waals surface area contributed by atoms with Gasteiger partial charge in [0.05, 0.1) is 16.8 Å². The van der Waals surface area contributed by atoms with E-state index in [0.717, 1.165) is 23.1 Å². The van der Waals surface area contributed by atoms with Gasteiger partial charge in [-0.15, -0.1) is 0 Å². The molecule has 0 bridgehead atoms. The lowest BCUT2D eigenvalue weighted by Crippen LogP contribution is -2.12. The molecule has 5 heteroatoms. The van der Waals surface area contributed by atoms with Crippen molar-refractivity contribution in [3.05, 3.63) is 74.8 Å². The molecule has 0 unspecified atom stereocenters. The molecular weight excluding hydrogens is 377 g/mol. The van der Waals surface area contributed by atoms with Gasteiger partial charge in [0.25, 0.3) is 0 Å². The van der Waals surface area contributed by atoms with E-state index < -0.39 is 0 Å². The lowest BCUT2D eigenvalue weighted by atomic mass is 9.77. The van der Waals surface area contributed by atoms with Gasteiger partial charge in [0.2, 0.25) is 0 Å². The first-order valence-corrected chi connectivity index (χ1v) is 9.14. The second kappa shape index (κ2) is 6.63. The Morgan fingerprint density at radius 3 is 2.19 bits per heavy atom. The number of anilines is 1. The Kier molecular flexibility index (Phi) is 4.28. The van der Waals surface area contributed by atoms with Gasteiger partial charge in [-0.25, -0.2) is 0 Å². The fourth-order valence-corrected chi connectivity index (χ4v) is 4.33. The van der Waals surface area contributed by atoms with E-state index in [1.54, 1.807) is 18.2 Å². The van der Waals surface area contributed by atoms with Crippen molar-refractivity contribution in [3.63, 3.8) is 0 Å². The number of hydrogen-bond acceptors (Lipinski definition) is 3. The van der Waals surface area contributed by atoms with Crippen LogP contribution in [0.3, 0.4) is 0 Å². The fourth-order valence-electron chi connectivity index (χ4n) is 3.83. The van der Waals surface area contributed by atoms with Gasteiger partial charge in [0.15, 0.2) is 0 Å². The van der Waals surface area contributed by atoms with Crippen LogP contribution in [0.25, 0.3) is 22.3 Å². The SMILES string of the molecule is N#Cc1c(N)c(C#N)c2c(c1-c1ccc(Cl)cc1Cl)CCc1ccccc1-2. The Bertz CT molecular complexity index is 1180. The normalized spacial score (nSPS) is 11.9. The molecule has 2 N–H and O–H groups in total. The molecular formula is C22H13Cl2N3. The molecule has 27 heavy (non-hydrogen) atoms. The molecule has 0 aromatic heterocycles. The number of aryl methyl sites for hydroxylation is 1. The number of rotatable bonds is 1. The van der Waals surface area contributed by atoms with Crippen molar-refractivity contribution < 1.29 is 0 Å². The topological polar surface area (TPSA) is 73.6 Å². The Morgan fingerprint density at radius 1 is 0.852 bits per heavy atom. The van der Waals surface area contributed by atoms with E-state index in [1.807, 2.05) is 18.2 Å². The summed E-state index contributed by atoms with van der Waals surface area (Å²) < 4.78 is 0. The first kappa shape index (κ1) is 17.4. The van der Waals surface area contributed by atoms with Crippen molar-refractivity contribution in [2.45, 2.75) is 12.8 Å². The van der Waals surface area contributed by atoms with Crippen LogP contribution in [0.5, 0.6) is 0 Å². The molecule has 4 rings (SSSR count). The summed E-state index contributed by atoms with van der Waals surface area (Å²) in [7, 11) is 0. The van der Waals surface area contributed by atoms with Crippen LogP contribution in [0.15, 0.2) is 42.5 Å². The maximum atomic E-state index is 9.81. The minimum absolute atomic E-state index is 0.191. The zero-order chi connectivity index (χ0) is 19.1. The van der Waals surface area contributed by atoms with E-state index in [1.165, 1.54) is 5.56 Å². The summed E-state index contributed by atoms with van der Waals surface area (Å²) in [5.74, 6) is 0. The first-order valence-electron chi connectivity index (χ1n) is 8.39. The molecule has 0 aliphatic heterocycles. The van der Waals surface area contributed by atoms with E-state index in [2.05, 4.69) is 18.2 Å². The number of fused-ring (bicyclic) bond motifs is 3. The molecule has 0 heterocycles. The van der Waals surface area contributed by atoms with E-state index in [9.17, 15) is 10.5 Å². The highest BCUT2D eigenvalue weighted by molar-refractivity contribution is 6.36. The second-order valence-corrected chi connectivity index (χ2v) is 7.24. The quantitative estimate of drug-likeness (QED) is 0.538. The van der Waals surface area contributed by atoms with Crippen molar-refractivity contribution in [2.24, 2.45) is 0 Å². The number of nitriles is 2. The Hall–Kier alpha value is -2.98. The minimum Gasteiger partial charge on any atom is -0.397 e. The first-order chi connectivity index (χ1) is 13.1. The van der Waals surface area contributed by atoms with Crippen LogP contribution in [-0.2, 0) is 12.8 Å². The van der Waals surface area contributed by atoms with Crippen LogP contribution in [0.4, 0.5) is 5.69 Å². The predicted octanol–water partition coefficient (Wildman–Crippen LogP) is 5.75. The maximum absolute atomic E-state index is 9.81. The largest absolute Gasteiger partial charge is 0.397 e. The third kappa shape index (κ3) is 2.64. The van der Waals surface area contributed by atoms with Crippen LogP contribution in [0.1, 0.15) is 22.3 Å². The van der Waals surface area contributed by atoms with E-state index in [0.29, 0.717) is 33.2 Å². The standard InChI is InChI=1S/C22H13Cl2N3/c23-13-6-8-15(19(24)9-13)21-16-7-5-12-3-1-2-4-14(12)20(16)17(10-25)22(27)18(21)11-26/h1-4,6,8-9H,5,7,27H2. The van der Waals surface area contributed by atoms with Gasteiger partial charge in [0, 0.05) is 26.7 Å². The molecule has 0 radical (unpaired) electrons. The van der Waals surface area contributed by atoms with Crippen molar-refractivity contribution in [1.29, 1.82) is 10.5 Å². The van der Waals surface area contributed by atoms with Gasteiger partial charge in [-0.2, -0.15) is 10.5 Å². The molecule has 3 nitrogen and oxygen atoms in total. The van der Waals surface area contributed by atoms with Gasteiger partial charge >= 0.3 is 0 Å². The van der Waals surface area contributed by atoms with Crippen molar-refractivity contribution in [2.75, 3.05) is 5.73 Å². The average molecular weight is 390 g/mol. The zero-order valence-corrected chi connectivity index (χ0v) is 15.7. The van der Waals surface area contributed by atoms with Gasteiger partial charge in [-0.05, 0) is 41.7 Å². The summed E-state index contributed by atoms with van der Waals surface area (Å²) in [6.07, 6.45) is 1.52. The molecule has 130 valence electrons. The molecule has 0 saturated heterocycles. The summed E-state index contributed by atoms with van der Waals surface area (Å²) in [6.45, 7) is 0. The lowest BCUT2D eigenvalue weighted by molar-refractivity contribution is 0.942. The van der Waals surface area contributed by atoms with Gasteiger partial charge in [-0.3, -0.25) is 0 Å². The summed E-state index contributed by atoms with van der Waals surface area (Å²) in [6, 6.07) is 17.6. The number of nitrogens with two attached hydrogens (primary N) is 1. The summed E-state index contributed by atoms with van der Waals surface area (Å²) in [5, 5.41) is 20.6. The fraction of sp³-hybridized carbons (Fsp3) is 0.0909. The highest BCUT2D eigenvalue weighted by Crippen LogP contribution is 2.47. The van der Waals surface area contributed by atoms with Gasteiger partial charge in [0.1, 0.15) is 12.1 Å². The number of halogens is 2. The second-order valence-electron chi connectivity index (χ2n) is 6.40. The van der Waals surface area contributed by atoms with Crippen molar-refractivity contribution >= 4 is 28.9 Å². The highest BCUT2D eigenvalue weighted by Gasteiger charge is 2.28. The number of hydrogen-bond donors (Lipinski definition) is 1. The molecule has 0 fully saturated rings. The smallest absolute Gasteiger partial charge is 0.102 e. The molecule has 0 atom stereocenters. The molecule has 0 amide bonds. The molecule has 3 aromatic rings. The molecule has 1 aliphatic rings. The van der Waals surface area contributed by atoms with Crippen LogP contribution in [0, 0.1) is 22.7 Å². The van der Waals surface area contributed by atoms with Crippen LogP contribution in [0.2, 0.25) is 10.0 Å². The van der Waals surface area contributed by atoms with Crippen molar-refractivity contribution in [1.82, 2.24) is 0 Å². The Morgan fingerprint density at radius 2 is 1.52 bits per heavy atom. The Balaban J connectivity index is 2.18. The lowest BCUT2D eigenvalue weighted by Gasteiger charge is -2.26. The number of nitrogens with zero attached hydrogens (tertiary/aromatic N) is 2. The summed E-state index contributed by atoms with van der Waals surface area (Å²) in [4.78, 5) is 0. The van der Waals surface area contributed by atoms with Crippen molar-refractivity contribution in [3.8, 4) is 34.4 Å². The van der Waals surface area contributed by atoms with Crippen LogP contribution in [-0.4, -0.2) is 0 Å². The zero-order valence-electron chi connectivity index (χ0n) is 14.2. The maximum Gasteiger partial charge on any atom is 0.102 e. The molecule has 1 aliphatic carbocycles. The van der Waals surface area contributed by atoms with E-state index >= 15 is 0 Å². The summed E-state index contributed by atoms with van der Waals surface area (Å²) >= 11 is 12.5. The van der Waals surface area contributed by atoms with Gasteiger partial charge in [-0.1, -0.05) is 53.5 Å². The molecule has 3 aromatic carbocycles. The van der Waals surface area contributed by atoms with Crippen LogP contribution >= 0.6 is 23.2 Å². The molecule has 0 spiro atoms. The number of benzene rings is 3. The monoisotopic (exact) mass is 389 g/mol. The van der Waals surface area contributed by atoms with Crippen LogP contribution < -0.4 is 5.73 Å². The van der Waals surface area contributed by atoms with E-state index in [4.69, 9.17) is 28.9 Å².